The number of hydrogen-bond donors (Lipinski definition) is 0. The number of aromatic nitrogens is 1. The Kier molecular flexibility index (Phi) is 2.95. The maximum atomic E-state index is 13.6. The van der Waals surface area contributed by atoms with Crippen molar-refractivity contribution in [3.8, 4) is 5.75 Å². The Morgan fingerprint density at radius 1 is 0.960 bits per heavy atom. The van der Waals surface area contributed by atoms with Gasteiger partial charge in [0.2, 0.25) is 5.91 Å². The summed E-state index contributed by atoms with van der Waals surface area (Å²) in [5.74, 6) is 0.856. The summed E-state index contributed by atoms with van der Waals surface area (Å²) in [4.78, 5) is 19.8. The molecule has 1 amide bonds. The van der Waals surface area contributed by atoms with Crippen molar-refractivity contribution < 1.29 is 9.53 Å². The minimum atomic E-state index is -0.748. The summed E-state index contributed by atoms with van der Waals surface area (Å²) in [6.45, 7) is 0.807. The lowest BCUT2D eigenvalue weighted by molar-refractivity contribution is -0.122. The first kappa shape index (κ1) is 14.2. The van der Waals surface area contributed by atoms with Gasteiger partial charge in [-0.2, -0.15) is 0 Å². The minimum Gasteiger partial charge on any atom is -0.491 e. The van der Waals surface area contributed by atoms with E-state index in [-0.39, 0.29) is 5.91 Å². The van der Waals surface area contributed by atoms with Gasteiger partial charge in [0.05, 0.1) is 12.2 Å². The molecule has 3 aromatic rings. The van der Waals surface area contributed by atoms with Crippen LogP contribution in [0.2, 0.25) is 0 Å². The zero-order valence-electron chi connectivity index (χ0n) is 13.6. The number of rotatable bonds is 2. The molecule has 5 rings (SSSR count). The van der Waals surface area contributed by atoms with Crippen molar-refractivity contribution in [3.63, 3.8) is 0 Å². The zero-order chi connectivity index (χ0) is 16.9. The molecule has 0 N–H and O–H groups in total. The Bertz CT molecular complexity index is 970. The van der Waals surface area contributed by atoms with E-state index in [4.69, 9.17) is 4.74 Å². The Labute approximate surface area is 145 Å². The fraction of sp³-hybridized carbons (Fsp3) is 0.143. The van der Waals surface area contributed by atoms with Crippen LogP contribution in [-0.4, -0.2) is 17.5 Å². The third-order valence-corrected chi connectivity index (χ3v) is 5.10. The van der Waals surface area contributed by atoms with Gasteiger partial charge < -0.3 is 9.64 Å². The van der Waals surface area contributed by atoms with Crippen molar-refractivity contribution in [1.82, 2.24) is 4.98 Å². The van der Waals surface area contributed by atoms with Crippen LogP contribution in [0.3, 0.4) is 0 Å². The van der Waals surface area contributed by atoms with Gasteiger partial charge in [-0.3, -0.25) is 9.78 Å². The molecule has 4 heteroatoms. The number of amides is 1. The molecule has 1 atom stereocenters. The molecule has 0 radical (unpaired) electrons. The molecule has 2 aliphatic heterocycles. The molecule has 0 saturated heterocycles. The second kappa shape index (κ2) is 5.18. The number of para-hydroxylation sites is 2. The fourth-order valence-electron chi connectivity index (χ4n) is 3.94. The van der Waals surface area contributed by atoms with Crippen LogP contribution in [0, 0.1) is 0 Å². The Morgan fingerprint density at radius 3 is 2.56 bits per heavy atom. The van der Waals surface area contributed by atoms with Gasteiger partial charge in [-0.15, -0.1) is 0 Å². The van der Waals surface area contributed by atoms with Crippen molar-refractivity contribution >= 4 is 11.6 Å². The lowest BCUT2D eigenvalue weighted by Crippen LogP contribution is -2.42. The largest absolute Gasteiger partial charge is 0.491 e. The Morgan fingerprint density at radius 2 is 1.72 bits per heavy atom. The van der Waals surface area contributed by atoms with Gasteiger partial charge in [0.15, 0.2) is 0 Å². The number of carbonyl (C=O) groups is 1. The number of fused-ring (bicyclic) bond motifs is 4. The van der Waals surface area contributed by atoms with E-state index in [0.717, 1.165) is 28.3 Å². The SMILES string of the molecule is O=C1N(Cc2ccccn2)c2ccccc2C12COc1ccccc12. The highest BCUT2D eigenvalue weighted by Gasteiger charge is 2.56. The Hall–Kier alpha value is -3.14. The van der Waals surface area contributed by atoms with E-state index in [0.29, 0.717) is 13.2 Å². The number of anilines is 1. The second-order valence-corrected chi connectivity index (χ2v) is 6.42. The van der Waals surface area contributed by atoms with Crippen molar-refractivity contribution in [2.24, 2.45) is 0 Å². The van der Waals surface area contributed by atoms with Crippen molar-refractivity contribution in [3.05, 3.63) is 89.7 Å². The number of hydrogen-bond acceptors (Lipinski definition) is 3. The van der Waals surface area contributed by atoms with Crippen molar-refractivity contribution in [2.45, 2.75) is 12.0 Å². The average molecular weight is 328 g/mol. The van der Waals surface area contributed by atoms with E-state index >= 15 is 0 Å². The molecule has 0 aliphatic carbocycles. The number of carbonyl (C=O) groups excluding carboxylic acids is 1. The van der Waals surface area contributed by atoms with Gasteiger partial charge in [-0.1, -0.05) is 42.5 Å². The van der Waals surface area contributed by atoms with E-state index < -0.39 is 5.41 Å². The summed E-state index contributed by atoms with van der Waals surface area (Å²) < 4.78 is 5.90. The molecular formula is C21H16N2O2. The van der Waals surface area contributed by atoms with Crippen molar-refractivity contribution in [1.29, 1.82) is 0 Å². The topological polar surface area (TPSA) is 42.4 Å². The van der Waals surface area contributed by atoms with Crippen LogP contribution >= 0.6 is 0 Å². The third kappa shape index (κ3) is 1.88. The zero-order valence-corrected chi connectivity index (χ0v) is 13.6. The molecule has 0 saturated carbocycles. The maximum absolute atomic E-state index is 13.6. The van der Waals surface area contributed by atoms with Crippen LogP contribution in [0.15, 0.2) is 72.9 Å². The summed E-state index contributed by atoms with van der Waals surface area (Å²) in [5, 5.41) is 0. The highest BCUT2D eigenvalue weighted by atomic mass is 16.5. The molecule has 2 aromatic carbocycles. The van der Waals surface area contributed by atoms with E-state index in [1.54, 1.807) is 6.20 Å². The molecule has 0 bridgehead atoms. The van der Waals surface area contributed by atoms with E-state index in [1.807, 2.05) is 71.6 Å². The van der Waals surface area contributed by atoms with Gasteiger partial charge in [-0.05, 0) is 29.8 Å². The van der Waals surface area contributed by atoms with E-state index in [1.165, 1.54) is 0 Å². The van der Waals surface area contributed by atoms with Gasteiger partial charge in [-0.25, -0.2) is 0 Å². The lowest BCUT2D eigenvalue weighted by atomic mass is 9.77. The van der Waals surface area contributed by atoms with Crippen LogP contribution < -0.4 is 9.64 Å². The first-order valence-corrected chi connectivity index (χ1v) is 8.34. The van der Waals surface area contributed by atoms with Gasteiger partial charge in [0.25, 0.3) is 0 Å². The van der Waals surface area contributed by atoms with E-state index in [9.17, 15) is 4.79 Å². The third-order valence-electron chi connectivity index (χ3n) is 5.10. The average Bonchev–Trinajstić information content (AvgIpc) is 3.17. The van der Waals surface area contributed by atoms with E-state index in [2.05, 4.69) is 4.98 Å². The van der Waals surface area contributed by atoms with Crippen LogP contribution in [0.25, 0.3) is 0 Å². The summed E-state index contributed by atoms with van der Waals surface area (Å²) in [6.07, 6.45) is 1.76. The molecule has 3 heterocycles. The predicted octanol–water partition coefficient (Wildman–Crippen LogP) is 3.31. The molecular weight excluding hydrogens is 312 g/mol. The van der Waals surface area contributed by atoms with Gasteiger partial charge in [0.1, 0.15) is 17.8 Å². The number of benzene rings is 2. The summed E-state index contributed by atoms with van der Waals surface area (Å²) in [7, 11) is 0. The Balaban J connectivity index is 1.67. The second-order valence-electron chi connectivity index (χ2n) is 6.42. The van der Waals surface area contributed by atoms with Gasteiger partial charge in [0, 0.05) is 17.4 Å². The molecule has 25 heavy (non-hydrogen) atoms. The quantitative estimate of drug-likeness (QED) is 0.725. The van der Waals surface area contributed by atoms with Crippen LogP contribution in [0.5, 0.6) is 5.75 Å². The highest BCUT2D eigenvalue weighted by molar-refractivity contribution is 6.11. The maximum Gasteiger partial charge on any atom is 0.246 e. The molecule has 1 aromatic heterocycles. The van der Waals surface area contributed by atoms with Crippen molar-refractivity contribution in [2.75, 3.05) is 11.5 Å². The fourth-order valence-corrected chi connectivity index (χ4v) is 3.94. The lowest BCUT2D eigenvalue weighted by Gasteiger charge is -2.22. The molecule has 2 aliphatic rings. The summed E-state index contributed by atoms with van der Waals surface area (Å²) >= 11 is 0. The smallest absolute Gasteiger partial charge is 0.246 e. The molecule has 1 spiro atoms. The number of pyridine rings is 1. The number of ether oxygens (including phenoxy) is 1. The minimum absolute atomic E-state index is 0.0595. The normalized spacial score (nSPS) is 20.5. The molecule has 0 fully saturated rings. The van der Waals surface area contributed by atoms with Crippen LogP contribution in [0.1, 0.15) is 16.8 Å². The first-order valence-electron chi connectivity index (χ1n) is 8.34. The summed E-state index contributed by atoms with van der Waals surface area (Å²) in [6, 6.07) is 21.6. The molecule has 122 valence electrons. The molecule has 1 unspecified atom stereocenters. The van der Waals surface area contributed by atoms with Crippen LogP contribution in [0.4, 0.5) is 5.69 Å². The van der Waals surface area contributed by atoms with Gasteiger partial charge >= 0.3 is 0 Å². The number of nitrogens with zero attached hydrogens (tertiary/aromatic N) is 2. The first-order chi connectivity index (χ1) is 12.3. The van der Waals surface area contributed by atoms with Crippen LogP contribution in [-0.2, 0) is 16.8 Å². The highest BCUT2D eigenvalue weighted by Crippen LogP contribution is 2.52. The predicted molar refractivity (Wildman–Crippen MR) is 94.6 cm³/mol. The molecule has 4 nitrogen and oxygen atoms in total. The standard InChI is InChI=1S/C21H16N2O2/c24-20-21(14-25-19-11-4-2-9-17(19)21)16-8-1-3-10-18(16)23(20)13-15-7-5-6-12-22-15/h1-12H,13-14H2. The summed E-state index contributed by atoms with van der Waals surface area (Å²) in [5.41, 5.74) is 3.03. The monoisotopic (exact) mass is 328 g/mol.